The van der Waals surface area contributed by atoms with Gasteiger partial charge in [0.15, 0.2) is 6.61 Å². The van der Waals surface area contributed by atoms with Crippen LogP contribution in [-0.2, 0) is 4.79 Å². The molecule has 1 heterocycles. The summed E-state index contributed by atoms with van der Waals surface area (Å²) >= 11 is 1.30. The molecule has 116 valence electrons. The summed E-state index contributed by atoms with van der Waals surface area (Å²) in [5.41, 5.74) is 2.34. The van der Waals surface area contributed by atoms with Crippen molar-refractivity contribution in [3.05, 3.63) is 46.4 Å². The van der Waals surface area contributed by atoms with E-state index in [0.717, 1.165) is 0 Å². The molecule has 2 rings (SSSR count). The van der Waals surface area contributed by atoms with Gasteiger partial charge in [-0.15, -0.1) is 11.3 Å². The molecule has 0 fully saturated rings. The number of rotatable bonds is 7. The average Bonchev–Trinajstić information content (AvgIpc) is 2.96. The molecule has 0 unspecified atom stereocenters. The molecular formula is C15H17N3O3S. The van der Waals surface area contributed by atoms with Gasteiger partial charge in [-0.1, -0.05) is 18.2 Å². The number of nitrogens with one attached hydrogen (secondary N) is 2. The van der Waals surface area contributed by atoms with Gasteiger partial charge in [-0.05, 0) is 19.1 Å². The highest BCUT2D eigenvalue weighted by Gasteiger charge is 2.10. The normalized spacial score (nSPS) is 10.0. The number of benzene rings is 1. The second kappa shape index (κ2) is 8.14. The van der Waals surface area contributed by atoms with Gasteiger partial charge in [0.25, 0.3) is 11.8 Å². The van der Waals surface area contributed by atoms with Gasteiger partial charge in [-0.2, -0.15) is 0 Å². The average molecular weight is 319 g/mol. The van der Waals surface area contributed by atoms with Crippen LogP contribution in [0.15, 0.2) is 35.8 Å². The van der Waals surface area contributed by atoms with Crippen LogP contribution in [0.25, 0.3) is 0 Å². The van der Waals surface area contributed by atoms with E-state index in [4.69, 9.17) is 4.74 Å². The summed E-state index contributed by atoms with van der Waals surface area (Å²) < 4.78 is 5.31. The molecule has 2 aromatic rings. The smallest absolute Gasteiger partial charge is 0.263 e. The maximum absolute atomic E-state index is 11.8. The van der Waals surface area contributed by atoms with Crippen molar-refractivity contribution in [3.8, 4) is 5.75 Å². The summed E-state index contributed by atoms with van der Waals surface area (Å²) in [7, 11) is 0. The van der Waals surface area contributed by atoms with Gasteiger partial charge >= 0.3 is 0 Å². The van der Waals surface area contributed by atoms with Crippen molar-refractivity contribution in [2.24, 2.45) is 0 Å². The number of nitrogens with zero attached hydrogens (tertiary/aromatic N) is 1. The third-order valence-electron chi connectivity index (χ3n) is 2.80. The molecule has 0 bridgehead atoms. The Hall–Kier alpha value is -2.41. The molecule has 0 aliphatic carbocycles. The van der Waals surface area contributed by atoms with Crippen molar-refractivity contribution >= 4 is 23.2 Å². The predicted octanol–water partition coefficient (Wildman–Crippen LogP) is 1.38. The van der Waals surface area contributed by atoms with Gasteiger partial charge in [0.1, 0.15) is 10.6 Å². The van der Waals surface area contributed by atoms with E-state index >= 15 is 0 Å². The van der Waals surface area contributed by atoms with Gasteiger partial charge in [0.2, 0.25) is 0 Å². The van der Waals surface area contributed by atoms with Crippen LogP contribution in [0.3, 0.4) is 0 Å². The van der Waals surface area contributed by atoms with E-state index in [1.807, 2.05) is 18.2 Å². The first kappa shape index (κ1) is 16.0. The standard InChI is InChI=1S/C15H17N3O3S/c1-11-14(22-10-18-11)15(20)17-8-7-16-13(19)9-21-12-5-3-2-4-6-12/h2-6,10H,7-9H2,1H3,(H,16,19)(H,17,20). The zero-order valence-electron chi connectivity index (χ0n) is 12.2. The quantitative estimate of drug-likeness (QED) is 0.756. The Balaban J connectivity index is 1.61. The minimum atomic E-state index is -0.230. The summed E-state index contributed by atoms with van der Waals surface area (Å²) in [6.45, 7) is 2.44. The third-order valence-corrected chi connectivity index (χ3v) is 3.72. The number of aromatic nitrogens is 1. The van der Waals surface area contributed by atoms with Crippen LogP contribution in [0.5, 0.6) is 5.75 Å². The van der Waals surface area contributed by atoms with E-state index in [0.29, 0.717) is 29.4 Å². The van der Waals surface area contributed by atoms with Gasteiger partial charge in [-0.3, -0.25) is 9.59 Å². The van der Waals surface area contributed by atoms with Gasteiger partial charge in [-0.25, -0.2) is 4.98 Å². The molecule has 2 N–H and O–H groups in total. The van der Waals surface area contributed by atoms with Crippen molar-refractivity contribution in [2.75, 3.05) is 19.7 Å². The maximum atomic E-state index is 11.8. The van der Waals surface area contributed by atoms with E-state index in [9.17, 15) is 9.59 Å². The fraction of sp³-hybridized carbons (Fsp3) is 0.267. The number of aryl methyl sites for hydroxylation is 1. The second-order valence-electron chi connectivity index (χ2n) is 4.47. The molecule has 22 heavy (non-hydrogen) atoms. The number of hydrogen-bond donors (Lipinski definition) is 2. The first-order valence-electron chi connectivity index (χ1n) is 6.79. The molecule has 7 heteroatoms. The largest absolute Gasteiger partial charge is 0.484 e. The summed E-state index contributed by atoms with van der Waals surface area (Å²) in [6.07, 6.45) is 0. The molecule has 0 saturated carbocycles. The topological polar surface area (TPSA) is 80.3 Å². The van der Waals surface area contributed by atoms with Crippen molar-refractivity contribution in [1.82, 2.24) is 15.6 Å². The fourth-order valence-corrected chi connectivity index (χ4v) is 2.41. The number of amides is 2. The Kier molecular flexibility index (Phi) is 5.91. The van der Waals surface area contributed by atoms with E-state index in [1.165, 1.54) is 11.3 Å². The zero-order valence-corrected chi connectivity index (χ0v) is 13.0. The van der Waals surface area contributed by atoms with E-state index in [2.05, 4.69) is 15.6 Å². The van der Waals surface area contributed by atoms with Crippen molar-refractivity contribution in [1.29, 1.82) is 0 Å². The third kappa shape index (κ3) is 4.85. The minimum absolute atomic E-state index is 0.0497. The zero-order chi connectivity index (χ0) is 15.8. The summed E-state index contributed by atoms with van der Waals surface area (Å²) in [5.74, 6) is 0.244. The first-order valence-corrected chi connectivity index (χ1v) is 7.67. The molecular weight excluding hydrogens is 302 g/mol. The number of ether oxygens (including phenoxy) is 1. The van der Waals surface area contributed by atoms with Crippen LogP contribution >= 0.6 is 11.3 Å². The Morgan fingerprint density at radius 2 is 1.91 bits per heavy atom. The highest BCUT2D eigenvalue weighted by atomic mass is 32.1. The Morgan fingerprint density at radius 1 is 1.18 bits per heavy atom. The molecule has 0 aliphatic rings. The SMILES string of the molecule is Cc1ncsc1C(=O)NCCNC(=O)COc1ccccc1. The van der Waals surface area contributed by atoms with E-state index in [-0.39, 0.29) is 18.4 Å². The molecule has 0 spiro atoms. The van der Waals surface area contributed by atoms with Crippen LogP contribution < -0.4 is 15.4 Å². The molecule has 1 aromatic heterocycles. The van der Waals surface area contributed by atoms with E-state index in [1.54, 1.807) is 24.6 Å². The number of hydrogen-bond acceptors (Lipinski definition) is 5. The summed E-state index contributed by atoms with van der Waals surface area (Å²) in [5, 5.41) is 5.41. The highest BCUT2D eigenvalue weighted by molar-refractivity contribution is 7.11. The predicted molar refractivity (Wildman–Crippen MR) is 84.1 cm³/mol. The first-order chi connectivity index (χ1) is 10.7. The lowest BCUT2D eigenvalue weighted by molar-refractivity contribution is -0.123. The van der Waals surface area contributed by atoms with Crippen LogP contribution in [-0.4, -0.2) is 36.5 Å². The molecule has 0 radical (unpaired) electrons. The minimum Gasteiger partial charge on any atom is -0.484 e. The van der Waals surface area contributed by atoms with E-state index < -0.39 is 0 Å². The fourth-order valence-electron chi connectivity index (χ4n) is 1.69. The lowest BCUT2D eigenvalue weighted by atomic mass is 10.3. The van der Waals surface area contributed by atoms with Gasteiger partial charge in [0, 0.05) is 13.1 Å². The van der Waals surface area contributed by atoms with Crippen molar-refractivity contribution in [2.45, 2.75) is 6.92 Å². The number of carbonyl (C=O) groups is 2. The van der Waals surface area contributed by atoms with Gasteiger partial charge in [0.05, 0.1) is 11.2 Å². The van der Waals surface area contributed by atoms with Crippen LogP contribution in [0, 0.1) is 6.92 Å². The molecule has 6 nitrogen and oxygen atoms in total. The summed E-state index contributed by atoms with van der Waals surface area (Å²) in [6, 6.07) is 9.12. The Bertz CT molecular complexity index is 628. The Labute approximate surface area is 132 Å². The Morgan fingerprint density at radius 3 is 2.59 bits per heavy atom. The molecule has 0 saturated heterocycles. The van der Waals surface area contributed by atoms with Crippen LogP contribution in [0.2, 0.25) is 0 Å². The molecule has 2 amide bonds. The molecule has 0 atom stereocenters. The number of para-hydroxylation sites is 1. The van der Waals surface area contributed by atoms with Gasteiger partial charge < -0.3 is 15.4 Å². The monoisotopic (exact) mass is 319 g/mol. The number of carbonyl (C=O) groups excluding carboxylic acids is 2. The van der Waals surface area contributed by atoms with Crippen molar-refractivity contribution < 1.29 is 14.3 Å². The lowest BCUT2D eigenvalue weighted by Gasteiger charge is -2.08. The van der Waals surface area contributed by atoms with Crippen LogP contribution in [0.1, 0.15) is 15.4 Å². The molecule has 1 aromatic carbocycles. The summed E-state index contributed by atoms with van der Waals surface area (Å²) in [4.78, 5) is 28.0. The maximum Gasteiger partial charge on any atom is 0.263 e. The molecule has 0 aliphatic heterocycles. The van der Waals surface area contributed by atoms with Crippen molar-refractivity contribution in [3.63, 3.8) is 0 Å². The van der Waals surface area contributed by atoms with Crippen LogP contribution in [0.4, 0.5) is 0 Å². The highest BCUT2D eigenvalue weighted by Crippen LogP contribution is 2.11. The second-order valence-corrected chi connectivity index (χ2v) is 5.33. The number of thiazole rings is 1. The lowest BCUT2D eigenvalue weighted by Crippen LogP contribution is -2.36.